The highest BCUT2D eigenvalue weighted by Crippen LogP contribution is 2.31. The van der Waals surface area contributed by atoms with Crippen LogP contribution < -0.4 is 10.0 Å². The molecule has 36 heavy (non-hydrogen) atoms. The van der Waals surface area contributed by atoms with Gasteiger partial charge in [0.15, 0.2) is 0 Å². The molecule has 1 amide bonds. The van der Waals surface area contributed by atoms with E-state index in [1.807, 2.05) is 32.3 Å². The number of hydrogen-bond donors (Lipinski definition) is 2. The first-order valence-electron chi connectivity index (χ1n) is 12.4. The smallest absolute Gasteiger partial charge is 0.264 e. The first-order valence-corrected chi connectivity index (χ1v) is 14.9. The lowest BCUT2D eigenvalue weighted by Crippen LogP contribution is -2.35. The Bertz CT molecular complexity index is 1100. The summed E-state index contributed by atoms with van der Waals surface area (Å²) in [4.78, 5) is 27.4. The summed E-state index contributed by atoms with van der Waals surface area (Å²) >= 11 is 1.71. The minimum absolute atomic E-state index is 0.000598. The van der Waals surface area contributed by atoms with E-state index >= 15 is 0 Å². The molecule has 1 aliphatic carbocycles. The number of rotatable bonds is 12. The quantitative estimate of drug-likeness (QED) is 0.214. The van der Waals surface area contributed by atoms with Gasteiger partial charge in [0.25, 0.3) is 10.0 Å². The van der Waals surface area contributed by atoms with Crippen LogP contribution in [0.25, 0.3) is 0 Å². The molecule has 2 aromatic rings. The van der Waals surface area contributed by atoms with Crippen LogP contribution in [0.5, 0.6) is 0 Å². The van der Waals surface area contributed by atoms with Crippen LogP contribution in [0.3, 0.4) is 0 Å². The topological polar surface area (TPSA) is 108 Å². The third-order valence-corrected chi connectivity index (χ3v) is 8.84. The lowest BCUT2D eigenvalue weighted by atomic mass is 10.0. The van der Waals surface area contributed by atoms with E-state index in [2.05, 4.69) is 32.2 Å². The van der Waals surface area contributed by atoms with Gasteiger partial charge in [0.1, 0.15) is 5.69 Å². The van der Waals surface area contributed by atoms with Gasteiger partial charge in [-0.25, -0.2) is 13.1 Å². The molecule has 1 atom stereocenters. The third kappa shape index (κ3) is 8.60. The fourth-order valence-corrected chi connectivity index (χ4v) is 6.29. The largest absolute Gasteiger partial charge is 0.380 e. The molecule has 0 aromatic heterocycles. The van der Waals surface area contributed by atoms with Crippen LogP contribution in [0, 0.1) is 10.8 Å². The second kappa shape index (κ2) is 13.8. The van der Waals surface area contributed by atoms with Gasteiger partial charge in [0, 0.05) is 22.6 Å². The third-order valence-electron chi connectivity index (χ3n) is 6.32. The van der Waals surface area contributed by atoms with Crippen molar-refractivity contribution in [2.75, 3.05) is 31.7 Å². The molecule has 0 bridgehead atoms. The Morgan fingerprint density at radius 1 is 1.08 bits per heavy atom. The number of hydrogen-bond acceptors (Lipinski definition) is 8. The lowest BCUT2D eigenvalue weighted by Gasteiger charge is -2.22. The highest BCUT2D eigenvalue weighted by atomic mass is 32.2. The molecule has 1 aliphatic rings. The summed E-state index contributed by atoms with van der Waals surface area (Å²) in [5.41, 5.74) is 0.468. The first-order chi connectivity index (χ1) is 17.3. The van der Waals surface area contributed by atoms with Gasteiger partial charge in [0.2, 0.25) is 5.91 Å². The second-order valence-electron chi connectivity index (χ2n) is 9.49. The molecule has 196 valence electrons. The highest BCUT2D eigenvalue weighted by molar-refractivity contribution is 7.99. The van der Waals surface area contributed by atoms with Crippen LogP contribution in [-0.2, 0) is 14.8 Å². The Hall–Kier alpha value is -2.43. The molecule has 0 aliphatic heterocycles. The summed E-state index contributed by atoms with van der Waals surface area (Å²) in [6, 6.07) is 14.3. The van der Waals surface area contributed by atoms with Crippen molar-refractivity contribution >= 4 is 39.1 Å². The maximum Gasteiger partial charge on any atom is 0.264 e. The molecule has 0 saturated heterocycles. The number of benzene rings is 2. The minimum Gasteiger partial charge on any atom is -0.380 e. The van der Waals surface area contributed by atoms with Crippen molar-refractivity contribution in [3.8, 4) is 0 Å². The summed E-state index contributed by atoms with van der Waals surface area (Å²) in [6.07, 6.45) is 6.20. The van der Waals surface area contributed by atoms with Crippen molar-refractivity contribution in [2.24, 2.45) is 11.1 Å². The van der Waals surface area contributed by atoms with E-state index in [4.69, 9.17) is 0 Å². The lowest BCUT2D eigenvalue weighted by molar-refractivity contribution is -0.123. The van der Waals surface area contributed by atoms with Crippen molar-refractivity contribution in [1.29, 1.82) is 0 Å². The Morgan fingerprint density at radius 3 is 2.42 bits per heavy atom. The molecular formula is C26H36N4O4S2. The molecule has 0 unspecified atom stereocenters. The maximum atomic E-state index is 12.9. The Morgan fingerprint density at radius 2 is 1.78 bits per heavy atom. The van der Waals surface area contributed by atoms with Gasteiger partial charge in [-0.05, 0) is 75.4 Å². The van der Waals surface area contributed by atoms with Crippen LogP contribution in [-0.4, -0.2) is 51.7 Å². The number of amides is 1. The van der Waals surface area contributed by atoms with Crippen molar-refractivity contribution in [1.82, 2.24) is 9.62 Å². The zero-order valence-corrected chi connectivity index (χ0v) is 22.6. The van der Waals surface area contributed by atoms with Crippen molar-refractivity contribution in [2.45, 2.75) is 60.8 Å². The number of nitroso groups, excluding NO2 is 1. The van der Waals surface area contributed by atoms with E-state index in [9.17, 15) is 18.1 Å². The van der Waals surface area contributed by atoms with Crippen molar-refractivity contribution in [3.63, 3.8) is 0 Å². The molecule has 1 saturated carbocycles. The predicted octanol–water partition coefficient (Wildman–Crippen LogP) is 5.38. The number of carbonyl (C=O) groups excluding carboxylic acids is 1. The summed E-state index contributed by atoms with van der Waals surface area (Å²) < 4.78 is 28.0. The molecule has 0 spiro atoms. The molecular weight excluding hydrogens is 496 g/mol. The van der Waals surface area contributed by atoms with E-state index in [0.717, 1.165) is 49.3 Å². The number of thioether (sulfide) groups is 1. The van der Waals surface area contributed by atoms with Crippen LogP contribution in [0.15, 0.2) is 63.5 Å². The van der Waals surface area contributed by atoms with Crippen LogP contribution in [0.1, 0.15) is 44.9 Å². The first kappa shape index (κ1) is 28.1. The van der Waals surface area contributed by atoms with Crippen LogP contribution >= 0.6 is 11.8 Å². The zero-order valence-electron chi connectivity index (χ0n) is 21.0. The minimum atomic E-state index is -4.10. The molecule has 2 aromatic carbocycles. The molecule has 1 fully saturated rings. The maximum absolute atomic E-state index is 12.9. The number of sulfonamides is 1. The monoisotopic (exact) mass is 532 g/mol. The normalized spacial score (nSPS) is 15.8. The Labute approximate surface area is 218 Å². The van der Waals surface area contributed by atoms with Gasteiger partial charge >= 0.3 is 0 Å². The molecule has 0 heterocycles. The van der Waals surface area contributed by atoms with Gasteiger partial charge in [-0.2, -0.15) is 0 Å². The summed E-state index contributed by atoms with van der Waals surface area (Å²) in [5, 5.41) is 6.46. The van der Waals surface area contributed by atoms with E-state index in [0.29, 0.717) is 18.5 Å². The van der Waals surface area contributed by atoms with Crippen molar-refractivity contribution < 1.29 is 13.2 Å². The van der Waals surface area contributed by atoms with Gasteiger partial charge in [-0.3, -0.25) is 4.79 Å². The Kier molecular flexibility index (Phi) is 10.8. The zero-order chi connectivity index (χ0) is 26.0. The van der Waals surface area contributed by atoms with E-state index in [1.165, 1.54) is 12.1 Å². The standard InChI is InChI=1S/C26H36N4O4S2/c1-30(2)17-16-21(19-35-22-12-8-5-9-13-22)27-24-15-14-23(18-25(24)28-32)36(33,34)29-26(31)20-10-6-3-4-7-11-20/h5,8-9,12-15,18,20-21,27H,3-4,6-7,10-11,16-17,19H2,1-2H3,(H,29,31)/t21-/m1/s1. The highest BCUT2D eigenvalue weighted by Gasteiger charge is 2.26. The van der Waals surface area contributed by atoms with Gasteiger partial charge in [0.05, 0.1) is 10.6 Å². The SMILES string of the molecule is CN(C)CC[C@H](CSc1ccccc1)Nc1ccc(S(=O)(=O)NC(=O)C2CCCCCC2)cc1N=O. The molecule has 0 radical (unpaired) electrons. The number of nitrogens with one attached hydrogen (secondary N) is 2. The van der Waals surface area contributed by atoms with E-state index < -0.39 is 15.9 Å². The molecule has 10 heteroatoms. The Balaban J connectivity index is 1.72. The molecule has 2 N–H and O–H groups in total. The summed E-state index contributed by atoms with van der Waals surface area (Å²) in [6.45, 7) is 0.844. The fourth-order valence-electron chi connectivity index (χ4n) is 4.24. The van der Waals surface area contributed by atoms with Gasteiger partial charge < -0.3 is 10.2 Å². The second-order valence-corrected chi connectivity index (χ2v) is 12.3. The summed E-state index contributed by atoms with van der Waals surface area (Å²) in [5.74, 6) is -0.0129. The predicted molar refractivity (Wildman–Crippen MR) is 146 cm³/mol. The molecule has 3 rings (SSSR count). The van der Waals surface area contributed by atoms with Crippen LogP contribution in [0.2, 0.25) is 0 Å². The average Bonchev–Trinajstić information content (AvgIpc) is 3.16. The van der Waals surface area contributed by atoms with E-state index in [1.54, 1.807) is 17.8 Å². The summed E-state index contributed by atoms with van der Waals surface area (Å²) in [7, 11) is -0.0977. The van der Waals surface area contributed by atoms with Crippen molar-refractivity contribution in [3.05, 3.63) is 53.4 Å². The van der Waals surface area contributed by atoms with Gasteiger partial charge in [-0.15, -0.1) is 16.7 Å². The fraction of sp³-hybridized carbons (Fsp3) is 0.500. The number of anilines is 1. The number of nitrogens with zero attached hydrogens (tertiary/aromatic N) is 2. The van der Waals surface area contributed by atoms with E-state index in [-0.39, 0.29) is 22.5 Å². The number of carbonyl (C=O) groups is 1. The van der Waals surface area contributed by atoms with Gasteiger partial charge in [-0.1, -0.05) is 43.9 Å². The van der Waals surface area contributed by atoms with Crippen LogP contribution in [0.4, 0.5) is 11.4 Å². The molecule has 8 nitrogen and oxygen atoms in total. The average molecular weight is 533 g/mol.